The van der Waals surface area contributed by atoms with Gasteiger partial charge < -0.3 is 15.3 Å². The van der Waals surface area contributed by atoms with Crippen molar-refractivity contribution < 1.29 is 28.9 Å². The van der Waals surface area contributed by atoms with Crippen LogP contribution >= 0.6 is 0 Å². The summed E-state index contributed by atoms with van der Waals surface area (Å²) in [5.74, 6) is -2.60. The van der Waals surface area contributed by atoms with Gasteiger partial charge in [-0.15, -0.1) is 5.73 Å². The molecule has 9 atom stereocenters. The molecule has 0 amide bonds. The Morgan fingerprint density at radius 3 is 2.64 bits per heavy atom. The van der Waals surface area contributed by atoms with Crippen LogP contribution in [0.2, 0.25) is 0 Å². The fourth-order valence-corrected chi connectivity index (χ4v) is 7.16. The number of hydrogen-bond donors (Lipinski definition) is 3. The number of aliphatic hydroxyl groups is 3. The smallest absolute Gasteiger partial charge is 0.190 e. The molecule has 3 fully saturated rings. The van der Waals surface area contributed by atoms with Crippen molar-refractivity contribution in [3.05, 3.63) is 29.5 Å². The number of carbonyl (C=O) groups excluding carboxylic acids is 1. The fraction of sp³-hybridized carbons (Fsp3) is 0.727. The molecule has 4 nitrogen and oxygen atoms in total. The second-order valence-electron chi connectivity index (χ2n) is 9.61. The van der Waals surface area contributed by atoms with E-state index in [4.69, 9.17) is 0 Å². The molecule has 3 saturated carbocycles. The monoisotopic (exact) mass is 394 g/mol. The first-order chi connectivity index (χ1) is 13.0. The van der Waals surface area contributed by atoms with Crippen LogP contribution in [0.25, 0.3) is 0 Å². The number of ketones is 1. The van der Waals surface area contributed by atoms with Crippen LogP contribution in [0, 0.1) is 28.6 Å². The van der Waals surface area contributed by atoms with Gasteiger partial charge in [0.2, 0.25) is 0 Å². The third-order valence-corrected chi connectivity index (χ3v) is 8.63. The summed E-state index contributed by atoms with van der Waals surface area (Å²) in [5, 5.41) is 31.9. The number of Topliss-reactive ketones (excluding diaryl/α,β-unsaturated/α-hetero) is 1. The molecule has 0 spiro atoms. The van der Waals surface area contributed by atoms with Gasteiger partial charge in [0.15, 0.2) is 11.5 Å². The highest BCUT2D eigenvalue weighted by atomic mass is 19.1. The summed E-state index contributed by atoms with van der Waals surface area (Å²) in [4.78, 5) is 12.5. The highest BCUT2D eigenvalue weighted by molar-refractivity contribution is 5.90. The number of carbonyl (C=O) groups is 1. The van der Waals surface area contributed by atoms with Crippen LogP contribution in [-0.2, 0) is 4.79 Å². The molecular formula is C22H28F2O4. The number of allylic oxidation sites excluding steroid dienone is 3. The Hall–Kier alpha value is -1.33. The first-order valence-electron chi connectivity index (χ1n) is 10.00. The molecular weight excluding hydrogens is 366 g/mol. The first-order valence-corrected chi connectivity index (χ1v) is 10.00. The minimum absolute atomic E-state index is 0.104. The van der Waals surface area contributed by atoms with E-state index in [9.17, 15) is 20.1 Å². The van der Waals surface area contributed by atoms with Crippen molar-refractivity contribution in [3.8, 4) is 0 Å². The maximum atomic E-state index is 16.8. The van der Waals surface area contributed by atoms with Crippen molar-refractivity contribution >= 4 is 5.78 Å². The normalized spacial score (nSPS) is 54.6. The number of alkyl halides is 2. The number of hydrogen-bond acceptors (Lipinski definition) is 4. The Morgan fingerprint density at radius 1 is 1.32 bits per heavy atom. The van der Waals surface area contributed by atoms with E-state index >= 15 is 8.78 Å². The molecule has 0 unspecified atom stereocenters. The predicted octanol–water partition coefficient (Wildman–Crippen LogP) is 2.43. The fourth-order valence-electron chi connectivity index (χ4n) is 7.16. The van der Waals surface area contributed by atoms with E-state index in [1.54, 1.807) is 32.9 Å². The van der Waals surface area contributed by atoms with E-state index in [2.05, 4.69) is 5.73 Å². The van der Waals surface area contributed by atoms with Gasteiger partial charge in [0.1, 0.15) is 18.4 Å². The molecule has 4 rings (SSSR count). The number of fused-ring (bicyclic) bond motifs is 5. The van der Waals surface area contributed by atoms with Gasteiger partial charge in [-0.3, -0.25) is 4.79 Å². The highest BCUT2D eigenvalue weighted by Gasteiger charge is 2.76. The zero-order chi connectivity index (χ0) is 20.7. The molecule has 154 valence electrons. The lowest BCUT2D eigenvalue weighted by Crippen LogP contribution is -2.70. The first kappa shape index (κ1) is 20.0. The molecule has 0 aliphatic heterocycles. The van der Waals surface area contributed by atoms with Crippen molar-refractivity contribution in [1.29, 1.82) is 0 Å². The number of rotatable bonds is 2. The Balaban J connectivity index is 1.88. The Bertz CT molecular complexity index is 817. The van der Waals surface area contributed by atoms with Gasteiger partial charge in [0, 0.05) is 11.3 Å². The topological polar surface area (TPSA) is 77.8 Å². The zero-order valence-electron chi connectivity index (χ0n) is 16.5. The average Bonchev–Trinajstić information content (AvgIpc) is 2.85. The van der Waals surface area contributed by atoms with Crippen LogP contribution in [-0.4, -0.2) is 51.3 Å². The predicted molar refractivity (Wildman–Crippen MR) is 98.7 cm³/mol. The summed E-state index contributed by atoms with van der Waals surface area (Å²) in [5.41, 5.74) is -3.31. The SMILES string of the molecule is C[C@H]1C[C@H]2[C@@H]3C[C@H](F)C4=CC=C=C[C@]4(C)[C@@]3(F)[C@@H](O)C[C@]2(C)[C@@]1(O)C(=O)CO. The van der Waals surface area contributed by atoms with Crippen LogP contribution < -0.4 is 0 Å². The van der Waals surface area contributed by atoms with Gasteiger partial charge in [-0.05, 0) is 55.7 Å². The number of halogens is 2. The van der Waals surface area contributed by atoms with Gasteiger partial charge in [-0.1, -0.05) is 19.9 Å². The minimum atomic E-state index is -2.12. The van der Waals surface area contributed by atoms with Crippen LogP contribution in [0.4, 0.5) is 8.78 Å². The van der Waals surface area contributed by atoms with Crippen molar-refractivity contribution in [2.24, 2.45) is 28.6 Å². The van der Waals surface area contributed by atoms with Gasteiger partial charge in [-0.2, -0.15) is 0 Å². The molecule has 0 aromatic heterocycles. The summed E-state index contributed by atoms with van der Waals surface area (Å²) in [6.45, 7) is 4.16. The van der Waals surface area contributed by atoms with Gasteiger partial charge in [0.05, 0.1) is 11.5 Å². The second kappa shape index (κ2) is 5.85. The summed E-state index contributed by atoms with van der Waals surface area (Å²) in [7, 11) is 0. The molecule has 0 aromatic carbocycles. The maximum Gasteiger partial charge on any atom is 0.190 e. The zero-order valence-corrected chi connectivity index (χ0v) is 16.5. The average molecular weight is 394 g/mol. The Kier molecular flexibility index (Phi) is 4.17. The lowest BCUT2D eigenvalue weighted by molar-refractivity contribution is -0.223. The summed E-state index contributed by atoms with van der Waals surface area (Å²) < 4.78 is 32.0. The Morgan fingerprint density at radius 2 is 2.00 bits per heavy atom. The van der Waals surface area contributed by atoms with E-state index in [1.165, 1.54) is 6.08 Å². The standard InChI is InChI=1S/C22H28F2O4/c1-12-8-14-15-9-16(23)13-6-4-5-7-19(13,2)21(15,24)17(26)10-20(14,3)22(12,28)18(27)11-25/h4,6-7,12,14-17,25-26,28H,8-11H2,1-3H3/t12-,14-,15-,16-,17-,19-,20-,21-,22-/m0/s1. The van der Waals surface area contributed by atoms with E-state index in [-0.39, 0.29) is 12.8 Å². The van der Waals surface area contributed by atoms with E-state index < -0.39 is 64.5 Å². The van der Waals surface area contributed by atoms with E-state index in [0.29, 0.717) is 12.0 Å². The van der Waals surface area contributed by atoms with Gasteiger partial charge in [0.25, 0.3) is 0 Å². The molecule has 28 heavy (non-hydrogen) atoms. The molecule has 4 aliphatic carbocycles. The van der Waals surface area contributed by atoms with E-state index in [0.717, 1.165) is 0 Å². The maximum absolute atomic E-state index is 16.8. The van der Waals surface area contributed by atoms with Crippen molar-refractivity contribution in [1.82, 2.24) is 0 Å². The second-order valence-corrected chi connectivity index (χ2v) is 9.61. The largest absolute Gasteiger partial charge is 0.390 e. The third kappa shape index (κ3) is 1.97. The summed E-state index contributed by atoms with van der Waals surface area (Å²) >= 11 is 0. The molecule has 0 aromatic rings. The highest BCUT2D eigenvalue weighted by Crippen LogP contribution is 2.70. The molecule has 0 heterocycles. The van der Waals surface area contributed by atoms with Crippen LogP contribution in [0.3, 0.4) is 0 Å². The van der Waals surface area contributed by atoms with E-state index in [1.807, 2.05) is 0 Å². The Labute approximate surface area is 163 Å². The quantitative estimate of drug-likeness (QED) is 0.629. The third-order valence-electron chi connectivity index (χ3n) is 8.63. The summed E-state index contributed by atoms with van der Waals surface area (Å²) in [6, 6.07) is 0. The molecule has 4 aliphatic rings. The summed E-state index contributed by atoms with van der Waals surface area (Å²) in [6.07, 6.45) is 1.86. The molecule has 6 heteroatoms. The molecule has 0 radical (unpaired) electrons. The molecule has 0 bridgehead atoms. The molecule has 0 saturated heterocycles. The van der Waals surface area contributed by atoms with Crippen LogP contribution in [0.15, 0.2) is 29.5 Å². The lowest BCUT2D eigenvalue weighted by Gasteiger charge is -2.62. The minimum Gasteiger partial charge on any atom is -0.390 e. The number of aliphatic hydroxyl groups excluding tert-OH is 2. The van der Waals surface area contributed by atoms with Gasteiger partial charge >= 0.3 is 0 Å². The van der Waals surface area contributed by atoms with Crippen molar-refractivity contribution in [2.75, 3.05) is 6.61 Å². The molecule has 3 N–H and O–H groups in total. The lowest BCUT2D eigenvalue weighted by atomic mass is 9.44. The van der Waals surface area contributed by atoms with Crippen LogP contribution in [0.5, 0.6) is 0 Å². The van der Waals surface area contributed by atoms with Gasteiger partial charge in [-0.25, -0.2) is 8.78 Å². The van der Waals surface area contributed by atoms with Crippen molar-refractivity contribution in [2.45, 2.75) is 63.6 Å². The van der Waals surface area contributed by atoms with Crippen molar-refractivity contribution in [3.63, 3.8) is 0 Å². The van der Waals surface area contributed by atoms with Crippen LogP contribution in [0.1, 0.15) is 40.0 Å².